The van der Waals surface area contributed by atoms with Crippen LogP contribution in [0.3, 0.4) is 0 Å². The van der Waals surface area contributed by atoms with Crippen molar-refractivity contribution in [2.24, 2.45) is 0 Å². The van der Waals surface area contributed by atoms with Gasteiger partial charge in [0.1, 0.15) is 9.79 Å². The molecule has 0 radical (unpaired) electrons. The fourth-order valence-corrected chi connectivity index (χ4v) is 4.43. The second-order valence-electron chi connectivity index (χ2n) is 6.01. The molecule has 3 aromatic rings. The van der Waals surface area contributed by atoms with Gasteiger partial charge < -0.3 is 18.2 Å². The molecule has 0 amide bonds. The molecular formula is C20H16O9S2. The maximum atomic E-state index is 12.6. The Morgan fingerprint density at radius 1 is 0.742 bits per heavy atom. The van der Waals surface area contributed by atoms with Crippen molar-refractivity contribution >= 4 is 26.2 Å². The van der Waals surface area contributed by atoms with Gasteiger partial charge in [0.15, 0.2) is 11.5 Å². The molecule has 0 fully saturated rings. The molecule has 3 rings (SSSR count). The first-order valence-electron chi connectivity index (χ1n) is 8.58. The first-order chi connectivity index (χ1) is 14.6. The van der Waals surface area contributed by atoms with Gasteiger partial charge in [0, 0.05) is 12.1 Å². The highest BCUT2D eigenvalue weighted by Crippen LogP contribution is 2.41. The standard InChI is InChI=1S/C20H16O9S2/c1-27-19-17(28-30(23,24)15-8-4-2-5-9-15)12-14(20(21)22)13-18(19)29-31(25,26)16-10-6-3-7-11-16/h2-13H,1H3,(H,21,22). The molecule has 0 aliphatic rings. The lowest BCUT2D eigenvalue weighted by Gasteiger charge is -2.16. The summed E-state index contributed by atoms with van der Waals surface area (Å²) < 4.78 is 65.6. The van der Waals surface area contributed by atoms with Crippen LogP contribution in [0.25, 0.3) is 0 Å². The second-order valence-corrected chi connectivity index (χ2v) is 9.10. The number of benzene rings is 3. The molecule has 0 atom stereocenters. The van der Waals surface area contributed by atoms with E-state index in [0.29, 0.717) is 0 Å². The van der Waals surface area contributed by atoms with E-state index in [9.17, 15) is 26.7 Å². The van der Waals surface area contributed by atoms with E-state index in [0.717, 1.165) is 19.2 Å². The predicted molar refractivity (Wildman–Crippen MR) is 108 cm³/mol. The number of carboxylic acid groups (broad SMARTS) is 1. The Bertz CT molecular complexity index is 1210. The fourth-order valence-electron chi connectivity index (χ4n) is 2.53. The summed E-state index contributed by atoms with van der Waals surface area (Å²) in [5, 5.41) is 9.38. The lowest BCUT2D eigenvalue weighted by molar-refractivity contribution is 0.0696. The highest BCUT2D eigenvalue weighted by Gasteiger charge is 2.27. The van der Waals surface area contributed by atoms with Crippen LogP contribution >= 0.6 is 0 Å². The second kappa shape index (κ2) is 8.66. The number of carbonyl (C=O) groups is 1. The van der Waals surface area contributed by atoms with Crippen molar-refractivity contribution in [3.63, 3.8) is 0 Å². The highest BCUT2D eigenvalue weighted by molar-refractivity contribution is 7.87. The van der Waals surface area contributed by atoms with Crippen molar-refractivity contribution in [2.45, 2.75) is 9.79 Å². The van der Waals surface area contributed by atoms with Crippen LogP contribution < -0.4 is 13.1 Å². The molecule has 0 saturated heterocycles. The number of hydrogen-bond acceptors (Lipinski definition) is 8. The Balaban J connectivity index is 2.11. The van der Waals surface area contributed by atoms with Crippen molar-refractivity contribution in [3.8, 4) is 17.2 Å². The van der Waals surface area contributed by atoms with E-state index in [1.165, 1.54) is 48.5 Å². The van der Waals surface area contributed by atoms with E-state index in [-0.39, 0.29) is 9.79 Å². The monoisotopic (exact) mass is 464 g/mol. The van der Waals surface area contributed by atoms with Crippen molar-refractivity contribution in [1.82, 2.24) is 0 Å². The van der Waals surface area contributed by atoms with E-state index >= 15 is 0 Å². The Morgan fingerprint density at radius 3 is 1.45 bits per heavy atom. The van der Waals surface area contributed by atoms with Gasteiger partial charge >= 0.3 is 26.2 Å². The predicted octanol–water partition coefficient (Wildman–Crippen LogP) is 2.93. The maximum absolute atomic E-state index is 12.6. The third-order valence-corrected chi connectivity index (χ3v) is 6.43. The molecule has 11 heteroatoms. The largest absolute Gasteiger partial charge is 0.490 e. The zero-order valence-corrected chi connectivity index (χ0v) is 17.6. The molecule has 0 bridgehead atoms. The third-order valence-electron chi connectivity index (χ3n) is 3.93. The van der Waals surface area contributed by atoms with Crippen LogP contribution in [-0.4, -0.2) is 35.0 Å². The summed E-state index contributed by atoms with van der Waals surface area (Å²) in [5.41, 5.74) is -0.475. The lowest BCUT2D eigenvalue weighted by Crippen LogP contribution is -2.14. The van der Waals surface area contributed by atoms with Gasteiger partial charge in [-0.15, -0.1) is 0 Å². The number of carboxylic acids is 1. The van der Waals surface area contributed by atoms with Gasteiger partial charge in [0.2, 0.25) is 5.75 Å². The van der Waals surface area contributed by atoms with Gasteiger partial charge in [0.05, 0.1) is 12.7 Å². The minimum atomic E-state index is -4.38. The zero-order valence-electron chi connectivity index (χ0n) is 16.0. The van der Waals surface area contributed by atoms with Gasteiger partial charge in [-0.1, -0.05) is 36.4 Å². The number of methoxy groups -OCH3 is 1. The number of aromatic carboxylic acids is 1. The minimum absolute atomic E-state index is 0.197. The summed E-state index contributed by atoms with van der Waals surface area (Å²) >= 11 is 0. The fraction of sp³-hybridized carbons (Fsp3) is 0.0500. The highest BCUT2D eigenvalue weighted by atomic mass is 32.2. The first kappa shape index (κ1) is 22.1. The molecule has 1 N–H and O–H groups in total. The molecule has 9 nitrogen and oxygen atoms in total. The van der Waals surface area contributed by atoms with E-state index in [4.69, 9.17) is 13.1 Å². The average Bonchev–Trinajstić information content (AvgIpc) is 2.74. The van der Waals surface area contributed by atoms with Gasteiger partial charge in [-0.2, -0.15) is 16.8 Å². The van der Waals surface area contributed by atoms with Crippen molar-refractivity contribution in [1.29, 1.82) is 0 Å². The van der Waals surface area contributed by atoms with E-state index in [1.54, 1.807) is 12.1 Å². The van der Waals surface area contributed by atoms with Crippen LogP contribution in [0.5, 0.6) is 17.2 Å². The van der Waals surface area contributed by atoms with E-state index in [2.05, 4.69) is 0 Å². The van der Waals surface area contributed by atoms with Gasteiger partial charge in [-0.05, 0) is 24.3 Å². The molecule has 0 aliphatic carbocycles. The maximum Gasteiger partial charge on any atom is 0.339 e. The van der Waals surface area contributed by atoms with Crippen molar-refractivity contribution < 1.29 is 39.8 Å². The third kappa shape index (κ3) is 4.95. The molecule has 0 aliphatic heterocycles. The lowest BCUT2D eigenvalue weighted by atomic mass is 10.2. The van der Waals surface area contributed by atoms with Gasteiger partial charge in [-0.25, -0.2) is 4.79 Å². The minimum Gasteiger partial charge on any atom is -0.490 e. The molecule has 3 aromatic carbocycles. The molecule has 162 valence electrons. The Hall–Kier alpha value is -3.57. The van der Waals surface area contributed by atoms with Crippen molar-refractivity contribution in [3.05, 3.63) is 78.4 Å². The zero-order chi connectivity index (χ0) is 22.6. The van der Waals surface area contributed by atoms with Gasteiger partial charge in [-0.3, -0.25) is 0 Å². The van der Waals surface area contributed by atoms with Crippen LogP contribution in [0.15, 0.2) is 82.6 Å². The first-order valence-corrected chi connectivity index (χ1v) is 11.4. The molecule has 0 heterocycles. The number of rotatable bonds is 8. The van der Waals surface area contributed by atoms with Crippen LogP contribution in [-0.2, 0) is 20.2 Å². The summed E-state index contributed by atoms with van der Waals surface area (Å²) in [5.74, 6) is -2.98. The average molecular weight is 464 g/mol. The smallest absolute Gasteiger partial charge is 0.339 e. The Labute approximate surface area is 178 Å². The summed E-state index contributed by atoms with van der Waals surface area (Å²) in [4.78, 5) is 11.1. The topological polar surface area (TPSA) is 133 Å². The summed E-state index contributed by atoms with van der Waals surface area (Å²) in [7, 11) is -7.63. The van der Waals surface area contributed by atoms with E-state index in [1.807, 2.05) is 0 Å². The van der Waals surface area contributed by atoms with Crippen LogP contribution in [0.2, 0.25) is 0 Å². The SMILES string of the molecule is COc1c(OS(=O)(=O)c2ccccc2)cc(C(=O)O)cc1OS(=O)(=O)c1ccccc1. The van der Waals surface area contributed by atoms with Crippen LogP contribution in [0.4, 0.5) is 0 Å². The molecule has 0 saturated carbocycles. The molecular weight excluding hydrogens is 448 g/mol. The summed E-state index contributed by atoms with van der Waals surface area (Å²) in [6.45, 7) is 0. The quantitative estimate of drug-likeness (QED) is 0.499. The number of ether oxygens (including phenoxy) is 1. The molecule has 0 spiro atoms. The van der Waals surface area contributed by atoms with Gasteiger partial charge in [0.25, 0.3) is 0 Å². The molecule has 0 aromatic heterocycles. The number of hydrogen-bond donors (Lipinski definition) is 1. The molecule has 31 heavy (non-hydrogen) atoms. The molecule has 0 unspecified atom stereocenters. The summed E-state index contributed by atoms with van der Waals surface area (Å²) in [6, 6.07) is 16.0. The normalized spacial score (nSPS) is 11.5. The summed E-state index contributed by atoms with van der Waals surface area (Å²) in [6.07, 6.45) is 0. The Morgan fingerprint density at radius 2 is 1.13 bits per heavy atom. The van der Waals surface area contributed by atoms with Crippen LogP contribution in [0.1, 0.15) is 10.4 Å². The Kier molecular flexibility index (Phi) is 6.18. The van der Waals surface area contributed by atoms with Crippen LogP contribution in [0, 0.1) is 0 Å². The van der Waals surface area contributed by atoms with E-state index < -0.39 is 49.0 Å². The van der Waals surface area contributed by atoms with Crippen molar-refractivity contribution in [2.75, 3.05) is 7.11 Å².